The van der Waals surface area contributed by atoms with Crippen LogP contribution in [0.25, 0.3) is 110 Å². The van der Waals surface area contributed by atoms with E-state index in [1.54, 1.807) is 0 Å². The Balaban J connectivity index is 1.01. The van der Waals surface area contributed by atoms with Crippen molar-refractivity contribution in [2.24, 2.45) is 0 Å². The van der Waals surface area contributed by atoms with Gasteiger partial charge in [0.05, 0.1) is 22.8 Å². The fourth-order valence-corrected chi connectivity index (χ4v) is 9.41. The van der Waals surface area contributed by atoms with Crippen molar-refractivity contribution in [3.05, 3.63) is 218 Å². The lowest BCUT2D eigenvalue weighted by molar-refractivity contribution is 1.18. The van der Waals surface area contributed by atoms with Gasteiger partial charge in [-0.2, -0.15) is 0 Å². The first kappa shape index (κ1) is 36.2. The standard InChI is InChI=1S/C56H36N4S/c1-5-17-37(18-6-1)48-35-49(38-19-7-2-8-20-38)58-55(57-48)43-27-13-25-41(33-43)45-29-16-32-52-53(45)47-31-15-30-46(54(47)61-52)42-26-14-28-44(34-42)56-59-50(39-21-9-3-10-22-39)36-51(60-56)40-23-11-4-12-24-40/h1-36H. The number of benzene rings is 8. The van der Waals surface area contributed by atoms with Gasteiger partial charge in [-0.05, 0) is 52.6 Å². The molecule has 4 nitrogen and oxygen atoms in total. The number of hydrogen-bond donors (Lipinski definition) is 0. The molecule has 0 amide bonds. The summed E-state index contributed by atoms with van der Waals surface area (Å²) in [5.41, 5.74) is 14.3. The van der Waals surface area contributed by atoms with Crippen LogP contribution in [-0.4, -0.2) is 19.9 Å². The average Bonchev–Trinajstić information content (AvgIpc) is 3.74. The quantitative estimate of drug-likeness (QED) is 0.154. The molecule has 11 rings (SSSR count). The predicted molar refractivity (Wildman–Crippen MR) is 254 cm³/mol. The minimum atomic E-state index is 0.695. The molecule has 11 aromatic rings. The third-order valence-corrected chi connectivity index (χ3v) is 12.3. The number of rotatable bonds is 8. The SMILES string of the molecule is c1ccc(-c2cc(-c3ccccc3)nc(-c3cccc(-c4cccc5c4sc4cccc(-c6cccc(-c7nc(-c8ccccc8)cc(-c8ccccc8)n7)c6)c45)c3)n2)cc1. The van der Waals surface area contributed by atoms with Gasteiger partial charge in [0.2, 0.25) is 0 Å². The first-order chi connectivity index (χ1) is 30.2. The summed E-state index contributed by atoms with van der Waals surface area (Å²) in [6, 6.07) is 76.1. The van der Waals surface area contributed by atoms with E-state index < -0.39 is 0 Å². The highest BCUT2D eigenvalue weighted by Crippen LogP contribution is 2.45. The van der Waals surface area contributed by atoms with Gasteiger partial charge in [-0.1, -0.05) is 188 Å². The summed E-state index contributed by atoms with van der Waals surface area (Å²) < 4.78 is 2.48. The fourth-order valence-electron chi connectivity index (χ4n) is 8.15. The molecule has 8 aromatic carbocycles. The van der Waals surface area contributed by atoms with Gasteiger partial charge in [0, 0.05) is 53.6 Å². The van der Waals surface area contributed by atoms with Crippen molar-refractivity contribution >= 4 is 31.5 Å². The van der Waals surface area contributed by atoms with Crippen LogP contribution < -0.4 is 0 Å². The van der Waals surface area contributed by atoms with Crippen LogP contribution in [0.5, 0.6) is 0 Å². The zero-order chi connectivity index (χ0) is 40.5. The second-order valence-corrected chi connectivity index (χ2v) is 16.1. The molecule has 3 aromatic heterocycles. The smallest absolute Gasteiger partial charge is 0.160 e. The van der Waals surface area contributed by atoms with Crippen molar-refractivity contribution in [1.29, 1.82) is 0 Å². The van der Waals surface area contributed by atoms with Gasteiger partial charge in [-0.25, -0.2) is 19.9 Å². The van der Waals surface area contributed by atoms with Crippen molar-refractivity contribution < 1.29 is 0 Å². The zero-order valence-electron chi connectivity index (χ0n) is 33.0. The first-order valence-electron chi connectivity index (χ1n) is 20.4. The summed E-state index contributed by atoms with van der Waals surface area (Å²) in [5.74, 6) is 1.39. The third-order valence-electron chi connectivity index (χ3n) is 11.1. The molecule has 0 saturated heterocycles. The minimum absolute atomic E-state index is 0.695. The van der Waals surface area contributed by atoms with Gasteiger partial charge in [0.25, 0.3) is 0 Å². The summed E-state index contributed by atoms with van der Waals surface area (Å²) in [6.07, 6.45) is 0. The first-order valence-corrected chi connectivity index (χ1v) is 21.2. The molecular formula is C56H36N4S. The summed E-state index contributed by atoms with van der Waals surface area (Å²) in [4.78, 5) is 20.5. The minimum Gasteiger partial charge on any atom is -0.228 e. The van der Waals surface area contributed by atoms with E-state index in [1.807, 2.05) is 35.6 Å². The number of thiophene rings is 1. The van der Waals surface area contributed by atoms with Gasteiger partial charge in [0.15, 0.2) is 11.6 Å². The molecular weight excluding hydrogens is 761 g/mol. The molecule has 0 aliphatic heterocycles. The molecule has 3 heterocycles. The van der Waals surface area contributed by atoms with Gasteiger partial charge in [-0.3, -0.25) is 0 Å². The Morgan fingerprint density at radius 3 is 1.10 bits per heavy atom. The van der Waals surface area contributed by atoms with E-state index in [4.69, 9.17) is 19.9 Å². The van der Waals surface area contributed by atoms with Crippen LogP contribution in [0.3, 0.4) is 0 Å². The third kappa shape index (κ3) is 7.07. The molecule has 0 bridgehead atoms. The maximum Gasteiger partial charge on any atom is 0.160 e. The molecule has 0 fully saturated rings. The molecule has 0 spiro atoms. The number of hydrogen-bond acceptors (Lipinski definition) is 5. The molecule has 61 heavy (non-hydrogen) atoms. The molecule has 0 radical (unpaired) electrons. The molecule has 0 saturated carbocycles. The molecule has 5 heteroatoms. The zero-order valence-corrected chi connectivity index (χ0v) is 33.8. The summed E-state index contributed by atoms with van der Waals surface area (Å²) in [7, 11) is 0. The monoisotopic (exact) mass is 796 g/mol. The van der Waals surface area contributed by atoms with Crippen LogP contribution in [0.2, 0.25) is 0 Å². The molecule has 0 unspecified atom stereocenters. The highest BCUT2D eigenvalue weighted by Gasteiger charge is 2.18. The number of fused-ring (bicyclic) bond motifs is 3. The van der Waals surface area contributed by atoms with Gasteiger partial charge < -0.3 is 0 Å². The topological polar surface area (TPSA) is 51.6 Å². The Morgan fingerprint density at radius 2 is 0.639 bits per heavy atom. The second-order valence-electron chi connectivity index (χ2n) is 15.0. The Labute approximate surface area is 358 Å². The Bertz CT molecular complexity index is 3230. The van der Waals surface area contributed by atoms with Crippen LogP contribution in [0.4, 0.5) is 0 Å². The van der Waals surface area contributed by atoms with Crippen LogP contribution >= 0.6 is 11.3 Å². The van der Waals surface area contributed by atoms with Crippen LogP contribution in [0.15, 0.2) is 218 Å². The number of nitrogens with zero attached hydrogens (tertiary/aromatic N) is 4. The normalized spacial score (nSPS) is 11.3. The highest BCUT2D eigenvalue weighted by atomic mass is 32.1. The van der Waals surface area contributed by atoms with Gasteiger partial charge >= 0.3 is 0 Å². The predicted octanol–water partition coefficient (Wildman–Crippen LogP) is 15.0. The van der Waals surface area contributed by atoms with Crippen molar-refractivity contribution in [2.75, 3.05) is 0 Å². The van der Waals surface area contributed by atoms with E-state index in [9.17, 15) is 0 Å². The maximum absolute atomic E-state index is 5.13. The summed E-state index contributed by atoms with van der Waals surface area (Å²) >= 11 is 1.84. The lowest BCUT2D eigenvalue weighted by atomic mass is 9.96. The van der Waals surface area contributed by atoms with E-state index in [-0.39, 0.29) is 0 Å². The lowest BCUT2D eigenvalue weighted by Crippen LogP contribution is -1.96. The van der Waals surface area contributed by atoms with E-state index in [2.05, 4.69) is 194 Å². The van der Waals surface area contributed by atoms with Crippen molar-refractivity contribution in [1.82, 2.24) is 19.9 Å². The van der Waals surface area contributed by atoms with Gasteiger partial charge in [0.1, 0.15) is 0 Å². The molecule has 0 atom stereocenters. The Kier molecular flexibility index (Phi) is 9.34. The second kappa shape index (κ2) is 15.7. The van der Waals surface area contributed by atoms with Crippen LogP contribution in [-0.2, 0) is 0 Å². The van der Waals surface area contributed by atoms with E-state index in [0.717, 1.165) is 67.3 Å². The molecule has 286 valence electrons. The van der Waals surface area contributed by atoms with E-state index in [0.29, 0.717) is 11.6 Å². The molecule has 0 aliphatic rings. The number of aromatic nitrogens is 4. The molecule has 0 N–H and O–H groups in total. The summed E-state index contributed by atoms with van der Waals surface area (Å²) in [5, 5.41) is 2.47. The maximum atomic E-state index is 5.13. The van der Waals surface area contributed by atoms with E-state index >= 15 is 0 Å². The Hall–Kier alpha value is -7.86. The van der Waals surface area contributed by atoms with Crippen LogP contribution in [0, 0.1) is 0 Å². The lowest BCUT2D eigenvalue weighted by Gasteiger charge is -2.11. The van der Waals surface area contributed by atoms with Crippen molar-refractivity contribution in [2.45, 2.75) is 0 Å². The average molecular weight is 797 g/mol. The highest BCUT2D eigenvalue weighted by molar-refractivity contribution is 7.26. The van der Waals surface area contributed by atoms with Crippen LogP contribution in [0.1, 0.15) is 0 Å². The van der Waals surface area contributed by atoms with Crippen molar-refractivity contribution in [3.63, 3.8) is 0 Å². The van der Waals surface area contributed by atoms with E-state index in [1.165, 1.54) is 31.3 Å². The Morgan fingerprint density at radius 1 is 0.279 bits per heavy atom. The largest absolute Gasteiger partial charge is 0.228 e. The van der Waals surface area contributed by atoms with Gasteiger partial charge in [-0.15, -0.1) is 11.3 Å². The van der Waals surface area contributed by atoms with Crippen molar-refractivity contribution in [3.8, 4) is 90.1 Å². The molecule has 0 aliphatic carbocycles. The summed E-state index contributed by atoms with van der Waals surface area (Å²) in [6.45, 7) is 0. The fraction of sp³-hybridized carbons (Fsp3) is 0.